The van der Waals surface area contributed by atoms with E-state index in [4.69, 9.17) is 18.9 Å². The van der Waals surface area contributed by atoms with Gasteiger partial charge in [-0.25, -0.2) is 4.79 Å². The summed E-state index contributed by atoms with van der Waals surface area (Å²) in [5.74, 6) is 1.20. The van der Waals surface area contributed by atoms with Gasteiger partial charge in [-0.3, -0.25) is 4.79 Å². The second-order valence-electron chi connectivity index (χ2n) is 6.30. The molecule has 152 valence electrons. The summed E-state index contributed by atoms with van der Waals surface area (Å²) in [4.78, 5) is 23.6. The molecule has 0 aliphatic carbocycles. The van der Waals surface area contributed by atoms with Gasteiger partial charge in [0.15, 0.2) is 18.1 Å². The molecule has 1 aliphatic heterocycles. The van der Waals surface area contributed by atoms with E-state index < -0.39 is 5.97 Å². The van der Waals surface area contributed by atoms with Crippen molar-refractivity contribution in [2.75, 3.05) is 33.5 Å². The summed E-state index contributed by atoms with van der Waals surface area (Å²) < 4.78 is 21.1. The van der Waals surface area contributed by atoms with Crippen molar-refractivity contribution in [1.29, 1.82) is 0 Å². The van der Waals surface area contributed by atoms with Gasteiger partial charge < -0.3 is 24.3 Å². The topological polar surface area (TPSA) is 83.1 Å². The first-order chi connectivity index (χ1) is 14.1. The lowest BCUT2D eigenvalue weighted by Crippen LogP contribution is -2.30. The molecule has 1 heterocycles. The maximum Gasteiger partial charge on any atom is 0.331 e. The van der Waals surface area contributed by atoms with Gasteiger partial charge in [0.2, 0.25) is 0 Å². The molecule has 0 fully saturated rings. The molecule has 0 aromatic heterocycles. The summed E-state index contributed by atoms with van der Waals surface area (Å²) in [5.41, 5.74) is 1.82. The number of nitrogens with one attached hydrogen (secondary N) is 1. The minimum Gasteiger partial charge on any atom is -0.497 e. The molecular formula is C22H23NO6. The molecule has 0 unspecified atom stereocenters. The molecule has 1 N–H and O–H groups in total. The van der Waals surface area contributed by atoms with Crippen LogP contribution in [0.25, 0.3) is 6.08 Å². The zero-order chi connectivity index (χ0) is 20.5. The Morgan fingerprint density at radius 2 is 1.93 bits per heavy atom. The molecule has 3 rings (SSSR count). The minimum atomic E-state index is -0.588. The Kier molecular flexibility index (Phi) is 7.10. The Morgan fingerprint density at radius 3 is 2.76 bits per heavy atom. The van der Waals surface area contributed by atoms with Crippen LogP contribution in [-0.2, 0) is 20.7 Å². The van der Waals surface area contributed by atoms with Crippen molar-refractivity contribution in [2.45, 2.75) is 6.42 Å². The van der Waals surface area contributed by atoms with Crippen LogP contribution >= 0.6 is 0 Å². The molecule has 2 aromatic carbocycles. The summed E-state index contributed by atoms with van der Waals surface area (Å²) in [7, 11) is 1.57. The van der Waals surface area contributed by atoms with Crippen LogP contribution in [0.3, 0.4) is 0 Å². The highest BCUT2D eigenvalue weighted by atomic mass is 16.6. The van der Waals surface area contributed by atoms with E-state index in [0.717, 1.165) is 22.6 Å². The van der Waals surface area contributed by atoms with Gasteiger partial charge >= 0.3 is 5.97 Å². The van der Waals surface area contributed by atoms with Crippen molar-refractivity contribution >= 4 is 18.0 Å². The molecule has 7 heteroatoms. The first kappa shape index (κ1) is 20.3. The Morgan fingerprint density at radius 1 is 1.10 bits per heavy atom. The van der Waals surface area contributed by atoms with Crippen LogP contribution < -0.4 is 19.5 Å². The molecule has 29 heavy (non-hydrogen) atoms. The third-order valence-electron chi connectivity index (χ3n) is 4.19. The molecule has 0 radical (unpaired) electrons. The number of rotatable bonds is 8. The van der Waals surface area contributed by atoms with E-state index in [9.17, 15) is 9.59 Å². The van der Waals surface area contributed by atoms with Crippen molar-refractivity contribution in [2.24, 2.45) is 0 Å². The number of carbonyl (C=O) groups is 2. The quantitative estimate of drug-likeness (QED) is 0.544. The van der Waals surface area contributed by atoms with Crippen LogP contribution in [0.4, 0.5) is 0 Å². The van der Waals surface area contributed by atoms with Crippen LogP contribution in [0.15, 0.2) is 48.5 Å². The lowest BCUT2D eigenvalue weighted by molar-refractivity contribution is -0.143. The Bertz CT molecular complexity index is 893. The Balaban J connectivity index is 1.37. The first-order valence-corrected chi connectivity index (χ1v) is 9.28. The number of benzene rings is 2. The molecule has 0 saturated carbocycles. The molecule has 0 atom stereocenters. The van der Waals surface area contributed by atoms with Crippen molar-refractivity contribution in [3.05, 3.63) is 59.7 Å². The van der Waals surface area contributed by atoms with E-state index in [1.807, 2.05) is 36.4 Å². The molecule has 1 amide bonds. The number of esters is 1. The number of fused-ring (bicyclic) bond motifs is 1. The maximum absolute atomic E-state index is 11.9. The highest BCUT2D eigenvalue weighted by Crippen LogP contribution is 2.30. The van der Waals surface area contributed by atoms with Crippen LogP contribution in [0.5, 0.6) is 17.2 Å². The van der Waals surface area contributed by atoms with E-state index in [1.165, 1.54) is 6.08 Å². The van der Waals surface area contributed by atoms with Gasteiger partial charge in [0.1, 0.15) is 19.0 Å². The van der Waals surface area contributed by atoms with Crippen LogP contribution in [-0.4, -0.2) is 45.4 Å². The predicted molar refractivity (Wildman–Crippen MR) is 107 cm³/mol. The van der Waals surface area contributed by atoms with E-state index in [2.05, 4.69) is 5.32 Å². The fourth-order valence-corrected chi connectivity index (χ4v) is 2.73. The second kappa shape index (κ2) is 10.2. The number of amides is 1. The van der Waals surface area contributed by atoms with E-state index in [0.29, 0.717) is 31.9 Å². The molecule has 0 spiro atoms. The fraction of sp³-hybridized carbons (Fsp3) is 0.273. The number of methoxy groups -OCH3 is 1. The largest absolute Gasteiger partial charge is 0.497 e. The van der Waals surface area contributed by atoms with Gasteiger partial charge in [-0.1, -0.05) is 18.2 Å². The van der Waals surface area contributed by atoms with E-state index in [1.54, 1.807) is 19.3 Å². The first-order valence-electron chi connectivity index (χ1n) is 9.28. The van der Waals surface area contributed by atoms with Crippen LogP contribution in [0.2, 0.25) is 0 Å². The van der Waals surface area contributed by atoms with E-state index in [-0.39, 0.29) is 12.5 Å². The zero-order valence-electron chi connectivity index (χ0n) is 16.2. The molecular weight excluding hydrogens is 374 g/mol. The minimum absolute atomic E-state index is 0.331. The lowest BCUT2D eigenvalue weighted by atomic mass is 10.1. The fourth-order valence-electron chi connectivity index (χ4n) is 2.73. The SMILES string of the molecule is COc1cccc(/C=C/C(=O)OCC(=O)NCCc2ccc3c(c2)OCCO3)c1. The molecule has 1 aliphatic rings. The maximum atomic E-state index is 11.9. The van der Waals surface area contributed by atoms with Gasteiger partial charge in [-0.2, -0.15) is 0 Å². The summed E-state index contributed by atoms with van der Waals surface area (Å²) in [5, 5.41) is 2.73. The summed E-state index contributed by atoms with van der Waals surface area (Å²) in [6, 6.07) is 12.9. The van der Waals surface area contributed by atoms with Crippen LogP contribution in [0.1, 0.15) is 11.1 Å². The predicted octanol–water partition coefficient (Wildman–Crippen LogP) is 2.38. The second-order valence-corrected chi connectivity index (χ2v) is 6.30. The Labute approximate surface area is 169 Å². The van der Waals surface area contributed by atoms with E-state index >= 15 is 0 Å². The average molecular weight is 397 g/mol. The molecule has 7 nitrogen and oxygen atoms in total. The zero-order valence-corrected chi connectivity index (χ0v) is 16.2. The summed E-state index contributed by atoms with van der Waals surface area (Å²) >= 11 is 0. The van der Waals surface area contributed by atoms with Crippen molar-refractivity contribution in [3.8, 4) is 17.2 Å². The number of hydrogen-bond donors (Lipinski definition) is 1. The number of hydrogen-bond acceptors (Lipinski definition) is 6. The van der Waals surface area contributed by atoms with Gasteiger partial charge in [0.05, 0.1) is 7.11 Å². The number of carbonyl (C=O) groups excluding carboxylic acids is 2. The summed E-state index contributed by atoms with van der Waals surface area (Å²) in [6.07, 6.45) is 3.51. The molecule has 2 aromatic rings. The van der Waals surface area contributed by atoms with Gasteiger partial charge in [-0.05, 0) is 47.9 Å². The van der Waals surface area contributed by atoms with Crippen molar-refractivity contribution < 1.29 is 28.5 Å². The molecule has 0 saturated heterocycles. The Hall–Kier alpha value is -3.48. The highest BCUT2D eigenvalue weighted by molar-refractivity contribution is 5.89. The normalized spacial score (nSPS) is 12.4. The monoisotopic (exact) mass is 397 g/mol. The third kappa shape index (κ3) is 6.27. The van der Waals surface area contributed by atoms with Gasteiger partial charge in [-0.15, -0.1) is 0 Å². The highest BCUT2D eigenvalue weighted by Gasteiger charge is 2.12. The average Bonchev–Trinajstić information content (AvgIpc) is 2.76. The molecule has 0 bridgehead atoms. The summed E-state index contributed by atoms with van der Waals surface area (Å²) in [6.45, 7) is 1.18. The van der Waals surface area contributed by atoms with Crippen molar-refractivity contribution in [3.63, 3.8) is 0 Å². The van der Waals surface area contributed by atoms with Gasteiger partial charge in [0, 0.05) is 12.6 Å². The smallest absolute Gasteiger partial charge is 0.331 e. The third-order valence-corrected chi connectivity index (χ3v) is 4.19. The standard InChI is InChI=1S/C22H23NO6/c1-26-18-4-2-3-16(13-18)6-8-22(25)29-15-21(24)23-10-9-17-5-7-19-20(14-17)28-12-11-27-19/h2-8,13-14H,9-12,15H2,1H3,(H,23,24)/b8-6+. The van der Waals surface area contributed by atoms with Crippen LogP contribution in [0, 0.1) is 0 Å². The van der Waals surface area contributed by atoms with Gasteiger partial charge in [0.25, 0.3) is 5.91 Å². The number of ether oxygens (including phenoxy) is 4. The lowest BCUT2D eigenvalue weighted by Gasteiger charge is -2.18. The van der Waals surface area contributed by atoms with Crippen molar-refractivity contribution in [1.82, 2.24) is 5.32 Å².